The average molecular weight is 335 g/mol. The number of urea groups is 1. The van der Waals surface area contributed by atoms with Gasteiger partial charge in [-0.15, -0.1) is 0 Å². The molecule has 0 aliphatic carbocycles. The second kappa shape index (κ2) is 10.3. The van der Waals surface area contributed by atoms with Crippen LogP contribution in [0.2, 0.25) is 0 Å². The zero-order chi connectivity index (χ0) is 17.9. The Morgan fingerprint density at radius 3 is 2.58 bits per heavy atom. The predicted octanol–water partition coefficient (Wildman–Crippen LogP) is 2.29. The Balaban J connectivity index is 2.64. The van der Waals surface area contributed by atoms with Crippen molar-refractivity contribution >= 4 is 23.6 Å². The van der Waals surface area contributed by atoms with Crippen LogP contribution in [0.25, 0.3) is 0 Å². The quantitative estimate of drug-likeness (QED) is 0.633. The largest absolute Gasteiger partial charge is 0.468 e. The third-order valence-electron chi connectivity index (χ3n) is 3.42. The molecular weight excluding hydrogens is 310 g/mol. The molecule has 1 unspecified atom stereocenters. The normalized spacial score (nSPS) is 11.3. The van der Waals surface area contributed by atoms with Gasteiger partial charge in [-0.3, -0.25) is 14.9 Å². The van der Waals surface area contributed by atoms with Crippen LogP contribution in [0.3, 0.4) is 0 Å². The van der Waals surface area contributed by atoms with Gasteiger partial charge in [-0.1, -0.05) is 31.9 Å². The van der Waals surface area contributed by atoms with E-state index >= 15 is 0 Å². The molecule has 0 aliphatic heterocycles. The van der Waals surface area contributed by atoms with Crippen molar-refractivity contribution in [1.29, 1.82) is 0 Å². The smallest absolute Gasteiger partial charge is 0.325 e. The molecule has 0 radical (unpaired) electrons. The number of benzene rings is 1. The summed E-state index contributed by atoms with van der Waals surface area (Å²) in [4.78, 5) is 35.3. The summed E-state index contributed by atoms with van der Waals surface area (Å²) in [5.41, 5.74) is 0.727. The van der Waals surface area contributed by atoms with Crippen LogP contribution in [0.4, 0.5) is 10.5 Å². The van der Waals surface area contributed by atoms with Crippen molar-refractivity contribution < 1.29 is 19.1 Å². The number of hydrogen-bond acceptors (Lipinski definition) is 5. The van der Waals surface area contributed by atoms with Crippen molar-refractivity contribution in [2.24, 2.45) is 0 Å². The van der Waals surface area contributed by atoms with E-state index in [4.69, 9.17) is 0 Å². The average Bonchev–Trinajstić information content (AvgIpc) is 2.57. The third-order valence-corrected chi connectivity index (χ3v) is 3.42. The van der Waals surface area contributed by atoms with Gasteiger partial charge in [-0.2, -0.15) is 0 Å². The van der Waals surface area contributed by atoms with E-state index in [1.54, 1.807) is 24.3 Å². The maximum atomic E-state index is 12.3. The molecule has 1 atom stereocenters. The number of ether oxygens (including phenoxy) is 1. The van der Waals surface area contributed by atoms with Crippen LogP contribution < -0.4 is 16.0 Å². The maximum Gasteiger partial charge on any atom is 0.325 e. The minimum atomic E-state index is -0.539. The fourth-order valence-corrected chi connectivity index (χ4v) is 2.09. The standard InChI is InChI=1S/C17H25N3O4/c1-4-5-8-12(2)19-17(23)20-16(22)13-9-6-7-10-14(13)18-11-15(21)24-3/h6-7,9-10,12,18H,4-5,8,11H2,1-3H3,(H2,19,20,22,23). The summed E-state index contributed by atoms with van der Waals surface area (Å²) in [7, 11) is 1.28. The fraction of sp³-hybridized carbons (Fsp3) is 0.471. The van der Waals surface area contributed by atoms with Gasteiger partial charge in [0.2, 0.25) is 0 Å². The van der Waals surface area contributed by atoms with Gasteiger partial charge in [-0.25, -0.2) is 4.79 Å². The number of anilines is 1. The predicted molar refractivity (Wildman–Crippen MR) is 91.9 cm³/mol. The molecule has 0 aliphatic rings. The molecular formula is C17H25N3O4. The Morgan fingerprint density at radius 1 is 1.21 bits per heavy atom. The number of unbranched alkanes of at least 4 members (excludes halogenated alkanes) is 1. The zero-order valence-electron chi connectivity index (χ0n) is 14.3. The fourth-order valence-electron chi connectivity index (χ4n) is 2.09. The van der Waals surface area contributed by atoms with Crippen molar-refractivity contribution in [2.45, 2.75) is 39.2 Å². The van der Waals surface area contributed by atoms with Crippen molar-refractivity contribution in [3.63, 3.8) is 0 Å². The van der Waals surface area contributed by atoms with Crippen molar-refractivity contribution in [2.75, 3.05) is 19.0 Å². The molecule has 0 fully saturated rings. The monoisotopic (exact) mass is 335 g/mol. The number of methoxy groups -OCH3 is 1. The topological polar surface area (TPSA) is 96.5 Å². The molecule has 1 rings (SSSR count). The Hall–Kier alpha value is -2.57. The van der Waals surface area contributed by atoms with Gasteiger partial charge in [0.1, 0.15) is 6.54 Å². The number of rotatable bonds is 8. The van der Waals surface area contributed by atoms with Crippen molar-refractivity contribution in [3.8, 4) is 0 Å². The number of para-hydroxylation sites is 1. The van der Waals surface area contributed by atoms with Crippen LogP contribution in [0.15, 0.2) is 24.3 Å². The number of hydrogen-bond donors (Lipinski definition) is 3. The van der Waals surface area contributed by atoms with E-state index < -0.39 is 17.9 Å². The van der Waals surface area contributed by atoms with Gasteiger partial charge >= 0.3 is 12.0 Å². The second-order valence-electron chi connectivity index (χ2n) is 5.45. The molecule has 24 heavy (non-hydrogen) atoms. The van der Waals surface area contributed by atoms with E-state index in [1.807, 2.05) is 6.92 Å². The molecule has 3 N–H and O–H groups in total. The molecule has 7 heteroatoms. The molecule has 0 bridgehead atoms. The van der Waals surface area contributed by atoms with Crippen LogP contribution in [0, 0.1) is 0 Å². The lowest BCUT2D eigenvalue weighted by Crippen LogP contribution is -2.43. The summed E-state index contributed by atoms with van der Waals surface area (Å²) in [6.45, 7) is 3.90. The summed E-state index contributed by atoms with van der Waals surface area (Å²) in [5.74, 6) is -0.990. The lowest BCUT2D eigenvalue weighted by molar-refractivity contribution is -0.138. The van der Waals surface area contributed by atoms with E-state index in [0.717, 1.165) is 19.3 Å². The first-order valence-corrected chi connectivity index (χ1v) is 7.99. The molecule has 3 amide bonds. The molecule has 0 heterocycles. The lowest BCUT2D eigenvalue weighted by atomic mass is 10.1. The number of nitrogens with one attached hydrogen (secondary N) is 3. The highest BCUT2D eigenvalue weighted by atomic mass is 16.5. The van der Waals surface area contributed by atoms with Crippen LogP contribution in [0.1, 0.15) is 43.5 Å². The molecule has 0 saturated carbocycles. The Labute approximate surface area is 142 Å². The maximum absolute atomic E-state index is 12.3. The van der Waals surface area contributed by atoms with Gasteiger partial charge in [0.05, 0.1) is 12.7 Å². The van der Waals surface area contributed by atoms with Crippen LogP contribution in [-0.4, -0.2) is 37.6 Å². The van der Waals surface area contributed by atoms with Gasteiger partial charge in [0, 0.05) is 11.7 Å². The highest BCUT2D eigenvalue weighted by Gasteiger charge is 2.15. The Bertz CT molecular complexity index is 575. The summed E-state index contributed by atoms with van der Waals surface area (Å²) >= 11 is 0. The van der Waals surface area contributed by atoms with Crippen LogP contribution in [-0.2, 0) is 9.53 Å². The summed E-state index contributed by atoms with van der Waals surface area (Å²) in [5, 5.41) is 7.85. The van der Waals surface area contributed by atoms with E-state index in [9.17, 15) is 14.4 Å². The van der Waals surface area contributed by atoms with E-state index in [-0.39, 0.29) is 18.2 Å². The second-order valence-corrected chi connectivity index (χ2v) is 5.45. The highest BCUT2D eigenvalue weighted by molar-refractivity contribution is 6.07. The third kappa shape index (κ3) is 6.68. The molecule has 0 aromatic heterocycles. The summed E-state index contributed by atoms with van der Waals surface area (Å²) < 4.78 is 4.55. The Morgan fingerprint density at radius 2 is 1.92 bits per heavy atom. The first kappa shape index (κ1) is 19.5. The molecule has 132 valence electrons. The van der Waals surface area contributed by atoms with Gasteiger partial charge in [0.15, 0.2) is 0 Å². The molecule has 1 aromatic carbocycles. The zero-order valence-corrected chi connectivity index (χ0v) is 14.3. The first-order chi connectivity index (χ1) is 11.5. The van der Waals surface area contributed by atoms with E-state index in [1.165, 1.54) is 7.11 Å². The summed E-state index contributed by atoms with van der Waals surface area (Å²) in [6.07, 6.45) is 2.91. The molecule has 1 aromatic rings. The first-order valence-electron chi connectivity index (χ1n) is 7.99. The minimum Gasteiger partial charge on any atom is -0.468 e. The number of carbonyl (C=O) groups is 3. The molecule has 7 nitrogen and oxygen atoms in total. The highest BCUT2D eigenvalue weighted by Crippen LogP contribution is 2.14. The van der Waals surface area contributed by atoms with Crippen LogP contribution >= 0.6 is 0 Å². The van der Waals surface area contributed by atoms with Gasteiger partial charge in [0.25, 0.3) is 5.91 Å². The number of carbonyl (C=O) groups excluding carboxylic acids is 3. The Kier molecular flexibility index (Phi) is 8.32. The van der Waals surface area contributed by atoms with E-state index in [2.05, 4.69) is 27.6 Å². The number of esters is 1. The molecule has 0 saturated heterocycles. The summed E-state index contributed by atoms with van der Waals surface area (Å²) in [6, 6.07) is 6.09. The van der Waals surface area contributed by atoms with Crippen LogP contribution in [0.5, 0.6) is 0 Å². The molecule has 0 spiro atoms. The SMILES string of the molecule is CCCCC(C)NC(=O)NC(=O)c1ccccc1NCC(=O)OC. The van der Waals surface area contributed by atoms with E-state index in [0.29, 0.717) is 5.69 Å². The lowest BCUT2D eigenvalue weighted by Gasteiger charge is -2.15. The van der Waals surface area contributed by atoms with Gasteiger partial charge < -0.3 is 15.4 Å². The number of amides is 3. The minimum absolute atomic E-state index is 0.00885. The van der Waals surface area contributed by atoms with Gasteiger partial charge in [-0.05, 0) is 25.5 Å². The number of imide groups is 1. The van der Waals surface area contributed by atoms with Crippen molar-refractivity contribution in [3.05, 3.63) is 29.8 Å². The van der Waals surface area contributed by atoms with Crippen molar-refractivity contribution in [1.82, 2.24) is 10.6 Å².